The number of aromatic hydroxyl groups is 1. The van der Waals surface area contributed by atoms with Crippen LogP contribution in [0.2, 0.25) is 0 Å². The third-order valence-electron chi connectivity index (χ3n) is 5.20. The highest BCUT2D eigenvalue weighted by atomic mass is 16.3. The summed E-state index contributed by atoms with van der Waals surface area (Å²) in [6, 6.07) is 14.2. The summed E-state index contributed by atoms with van der Waals surface area (Å²) in [5.74, 6) is 0.129. The first kappa shape index (κ1) is 18.9. The van der Waals surface area contributed by atoms with E-state index in [2.05, 4.69) is 10.2 Å². The Labute approximate surface area is 159 Å². The molecule has 1 heterocycles. The summed E-state index contributed by atoms with van der Waals surface area (Å²) >= 11 is 0. The molecule has 142 valence electrons. The van der Waals surface area contributed by atoms with Gasteiger partial charge in [-0.05, 0) is 38.1 Å². The number of benzene rings is 2. The van der Waals surface area contributed by atoms with Gasteiger partial charge < -0.3 is 20.2 Å². The summed E-state index contributed by atoms with van der Waals surface area (Å²) in [5.41, 5.74) is 1.93. The first-order chi connectivity index (χ1) is 13.0. The minimum absolute atomic E-state index is 0.0674. The van der Waals surface area contributed by atoms with Crippen molar-refractivity contribution in [2.45, 2.75) is 19.9 Å². The maximum Gasteiger partial charge on any atom is 0.282 e. The average Bonchev–Trinajstić information content (AvgIpc) is 2.68. The molecule has 0 bridgehead atoms. The van der Waals surface area contributed by atoms with Gasteiger partial charge in [-0.1, -0.05) is 24.3 Å². The molecular formula is C21H26N3O3+. The van der Waals surface area contributed by atoms with Crippen molar-refractivity contribution in [3.63, 3.8) is 0 Å². The molecule has 0 spiro atoms. The minimum atomic E-state index is -0.225. The topological polar surface area (TPSA) is 74.1 Å². The van der Waals surface area contributed by atoms with Crippen molar-refractivity contribution in [3.8, 4) is 5.75 Å². The van der Waals surface area contributed by atoms with E-state index in [0.717, 1.165) is 31.9 Å². The Kier molecular flexibility index (Phi) is 5.76. The molecule has 0 saturated carbocycles. The summed E-state index contributed by atoms with van der Waals surface area (Å²) in [6.45, 7) is 6.56. The number of Topliss-reactive ketones (excluding diaryl/α,β-unsaturated/α-hetero) is 1. The second kappa shape index (κ2) is 8.22. The Morgan fingerprint density at radius 2 is 1.70 bits per heavy atom. The molecule has 1 aliphatic rings. The predicted molar refractivity (Wildman–Crippen MR) is 106 cm³/mol. The van der Waals surface area contributed by atoms with Gasteiger partial charge in [0.15, 0.2) is 11.8 Å². The molecule has 1 saturated heterocycles. The molecule has 0 aliphatic carbocycles. The molecule has 1 aliphatic heterocycles. The lowest BCUT2D eigenvalue weighted by Gasteiger charge is -2.36. The zero-order valence-corrected chi connectivity index (χ0v) is 15.7. The highest BCUT2D eigenvalue weighted by Gasteiger charge is 2.30. The molecule has 1 amide bonds. The fourth-order valence-electron chi connectivity index (χ4n) is 3.52. The average molecular weight is 368 g/mol. The van der Waals surface area contributed by atoms with E-state index in [0.29, 0.717) is 11.3 Å². The first-order valence-corrected chi connectivity index (χ1v) is 9.25. The maximum absolute atomic E-state index is 12.7. The maximum atomic E-state index is 12.7. The highest BCUT2D eigenvalue weighted by molar-refractivity contribution is 6.04. The molecule has 0 radical (unpaired) electrons. The molecule has 0 aromatic heterocycles. The lowest BCUT2D eigenvalue weighted by molar-refractivity contribution is -0.914. The summed E-state index contributed by atoms with van der Waals surface area (Å²) in [4.78, 5) is 27.8. The quantitative estimate of drug-likeness (QED) is 0.696. The summed E-state index contributed by atoms with van der Waals surface area (Å²) < 4.78 is 0. The number of anilines is 2. The number of carbonyl (C=O) groups is 2. The van der Waals surface area contributed by atoms with Crippen molar-refractivity contribution in [1.82, 2.24) is 0 Å². The van der Waals surface area contributed by atoms with Gasteiger partial charge in [0.1, 0.15) is 5.75 Å². The summed E-state index contributed by atoms with van der Waals surface area (Å²) in [6.07, 6.45) is 0. The Morgan fingerprint density at radius 1 is 1.07 bits per heavy atom. The SMILES string of the molecule is CC(=O)c1ccccc1NC(=O)[C@H](C)[NH+]1CCN(c2ccccc2O)CC1. The molecule has 1 fully saturated rings. The van der Waals surface area contributed by atoms with Gasteiger partial charge in [0.2, 0.25) is 0 Å². The second-order valence-electron chi connectivity index (χ2n) is 6.95. The van der Waals surface area contributed by atoms with Gasteiger partial charge in [-0.15, -0.1) is 0 Å². The van der Waals surface area contributed by atoms with Crippen LogP contribution in [0.15, 0.2) is 48.5 Å². The molecule has 3 rings (SSSR count). The van der Waals surface area contributed by atoms with Crippen molar-refractivity contribution in [2.75, 3.05) is 36.4 Å². The molecule has 6 nitrogen and oxygen atoms in total. The monoisotopic (exact) mass is 368 g/mol. The lowest BCUT2D eigenvalue weighted by atomic mass is 10.1. The third kappa shape index (κ3) is 4.28. The van der Waals surface area contributed by atoms with E-state index in [-0.39, 0.29) is 23.5 Å². The molecule has 27 heavy (non-hydrogen) atoms. The number of nitrogens with zero attached hydrogens (tertiary/aromatic N) is 1. The molecule has 3 N–H and O–H groups in total. The predicted octanol–water partition coefficient (Wildman–Crippen LogP) is 1.33. The van der Waals surface area contributed by atoms with E-state index in [4.69, 9.17) is 0 Å². The third-order valence-corrected chi connectivity index (χ3v) is 5.20. The van der Waals surface area contributed by atoms with Crippen molar-refractivity contribution >= 4 is 23.1 Å². The van der Waals surface area contributed by atoms with Gasteiger partial charge in [-0.25, -0.2) is 0 Å². The number of hydrogen-bond acceptors (Lipinski definition) is 4. The fraction of sp³-hybridized carbons (Fsp3) is 0.333. The molecule has 6 heteroatoms. The van der Waals surface area contributed by atoms with Crippen LogP contribution < -0.4 is 15.1 Å². The number of phenols is 1. The van der Waals surface area contributed by atoms with Crippen LogP contribution in [0.25, 0.3) is 0 Å². The number of para-hydroxylation sites is 3. The number of amides is 1. The van der Waals surface area contributed by atoms with Gasteiger partial charge in [-0.3, -0.25) is 9.59 Å². The first-order valence-electron chi connectivity index (χ1n) is 9.25. The summed E-state index contributed by atoms with van der Waals surface area (Å²) in [7, 11) is 0. The van der Waals surface area contributed by atoms with E-state index in [1.165, 1.54) is 11.8 Å². The zero-order chi connectivity index (χ0) is 19.4. The molecule has 0 unspecified atom stereocenters. The van der Waals surface area contributed by atoms with E-state index >= 15 is 0 Å². The number of phenolic OH excluding ortho intramolecular Hbond substituents is 1. The highest BCUT2D eigenvalue weighted by Crippen LogP contribution is 2.26. The van der Waals surface area contributed by atoms with Crippen LogP contribution in [-0.4, -0.2) is 49.0 Å². The molecular weight excluding hydrogens is 342 g/mol. The van der Waals surface area contributed by atoms with Crippen LogP contribution in [0.3, 0.4) is 0 Å². The van der Waals surface area contributed by atoms with Crippen LogP contribution in [0, 0.1) is 0 Å². The molecule has 1 atom stereocenters. The van der Waals surface area contributed by atoms with E-state index in [1.54, 1.807) is 24.3 Å². The van der Waals surface area contributed by atoms with E-state index in [9.17, 15) is 14.7 Å². The van der Waals surface area contributed by atoms with Crippen molar-refractivity contribution in [2.24, 2.45) is 0 Å². The van der Waals surface area contributed by atoms with Crippen LogP contribution >= 0.6 is 0 Å². The van der Waals surface area contributed by atoms with Gasteiger partial charge in [0.25, 0.3) is 5.91 Å². The number of ketones is 1. The van der Waals surface area contributed by atoms with Gasteiger partial charge in [-0.2, -0.15) is 0 Å². The Bertz CT molecular complexity index is 829. The lowest BCUT2D eigenvalue weighted by Crippen LogP contribution is -3.19. The molecule has 2 aromatic rings. The Morgan fingerprint density at radius 3 is 2.37 bits per heavy atom. The zero-order valence-electron chi connectivity index (χ0n) is 15.7. The minimum Gasteiger partial charge on any atom is -0.506 e. The van der Waals surface area contributed by atoms with Crippen molar-refractivity contribution in [3.05, 3.63) is 54.1 Å². The fourth-order valence-corrected chi connectivity index (χ4v) is 3.52. The van der Waals surface area contributed by atoms with Crippen LogP contribution in [0.1, 0.15) is 24.2 Å². The standard InChI is InChI=1S/C21H25N3O3/c1-15(21(27)22-18-8-4-3-7-17(18)16(2)25)23-11-13-24(14-12-23)19-9-5-6-10-20(19)26/h3-10,15,26H,11-14H2,1-2H3,(H,22,27)/p+1/t15-/m0/s1. The number of hydrogen-bond donors (Lipinski definition) is 3. The summed E-state index contributed by atoms with van der Waals surface area (Å²) in [5, 5.41) is 12.9. The van der Waals surface area contributed by atoms with Crippen LogP contribution in [0.5, 0.6) is 5.75 Å². The Balaban J connectivity index is 1.61. The van der Waals surface area contributed by atoms with E-state index < -0.39 is 0 Å². The van der Waals surface area contributed by atoms with Crippen molar-refractivity contribution < 1.29 is 19.6 Å². The number of nitrogens with one attached hydrogen (secondary N) is 2. The number of quaternary nitrogens is 1. The smallest absolute Gasteiger partial charge is 0.282 e. The van der Waals surface area contributed by atoms with Crippen LogP contribution in [0.4, 0.5) is 11.4 Å². The number of piperazine rings is 1. The van der Waals surface area contributed by atoms with E-state index in [1.807, 2.05) is 31.2 Å². The van der Waals surface area contributed by atoms with Gasteiger partial charge in [0, 0.05) is 5.56 Å². The Hall–Kier alpha value is -2.86. The second-order valence-corrected chi connectivity index (χ2v) is 6.95. The largest absolute Gasteiger partial charge is 0.506 e. The number of rotatable bonds is 5. The number of carbonyl (C=O) groups excluding carboxylic acids is 2. The van der Waals surface area contributed by atoms with Crippen LogP contribution in [-0.2, 0) is 4.79 Å². The van der Waals surface area contributed by atoms with Crippen molar-refractivity contribution in [1.29, 1.82) is 0 Å². The van der Waals surface area contributed by atoms with Gasteiger partial charge >= 0.3 is 0 Å². The molecule has 2 aromatic carbocycles. The normalized spacial score (nSPS) is 16.0. The van der Waals surface area contributed by atoms with Gasteiger partial charge in [0.05, 0.1) is 37.6 Å².